The monoisotopic (exact) mass is 251 g/mol. The summed E-state index contributed by atoms with van der Waals surface area (Å²) in [6.45, 7) is 0.0858. The van der Waals surface area contributed by atoms with E-state index in [4.69, 9.17) is 9.47 Å². The summed E-state index contributed by atoms with van der Waals surface area (Å²) in [5.41, 5.74) is 0.706. The highest BCUT2D eigenvalue weighted by Gasteiger charge is 2.25. The van der Waals surface area contributed by atoms with Gasteiger partial charge >= 0.3 is 11.9 Å². The number of benzene rings is 1. The predicted molar refractivity (Wildman–Crippen MR) is 62.9 cm³/mol. The lowest BCUT2D eigenvalue weighted by Crippen LogP contribution is -2.42. The summed E-state index contributed by atoms with van der Waals surface area (Å²) in [6.07, 6.45) is 0. The Balaban J connectivity index is 2.27. The first-order valence-corrected chi connectivity index (χ1v) is 5.34. The number of anilines is 1. The molecule has 96 valence electrons. The van der Waals surface area contributed by atoms with Gasteiger partial charge in [-0.05, 0) is 12.1 Å². The molecule has 0 aromatic heterocycles. The Morgan fingerprint density at radius 2 is 1.67 bits per heavy atom. The lowest BCUT2D eigenvalue weighted by atomic mass is 10.2. The van der Waals surface area contributed by atoms with Crippen LogP contribution in [0, 0.1) is 0 Å². The molecule has 1 fully saturated rings. The smallest absolute Gasteiger partial charge is 0.333 e. The highest BCUT2D eigenvalue weighted by molar-refractivity contribution is 5.94. The summed E-state index contributed by atoms with van der Waals surface area (Å²) < 4.78 is 14.8. The van der Waals surface area contributed by atoms with Gasteiger partial charge in [0.05, 0.1) is 14.2 Å². The summed E-state index contributed by atoms with van der Waals surface area (Å²) in [7, 11) is 3.07. The van der Waals surface area contributed by atoms with E-state index in [-0.39, 0.29) is 13.1 Å². The Kier molecular flexibility index (Phi) is 3.36. The molecule has 2 rings (SSSR count). The summed E-state index contributed by atoms with van der Waals surface area (Å²) >= 11 is 0. The number of cyclic esters (lactones) is 2. The first-order chi connectivity index (χ1) is 8.63. The number of methoxy groups -OCH3 is 2. The SMILES string of the molecule is COc1ccc(N2CC(=O)OC(=O)C2)cc1OC. The zero-order valence-corrected chi connectivity index (χ0v) is 10.1. The fraction of sp³-hybridized carbons (Fsp3) is 0.333. The number of nitrogens with zero attached hydrogens (tertiary/aromatic N) is 1. The summed E-state index contributed by atoms with van der Waals surface area (Å²) in [5, 5.41) is 0. The van der Waals surface area contributed by atoms with Crippen LogP contribution < -0.4 is 14.4 Å². The van der Waals surface area contributed by atoms with Crippen molar-refractivity contribution in [2.45, 2.75) is 0 Å². The van der Waals surface area contributed by atoms with E-state index in [0.717, 1.165) is 0 Å². The van der Waals surface area contributed by atoms with Gasteiger partial charge in [0.15, 0.2) is 11.5 Å². The summed E-state index contributed by atoms with van der Waals surface area (Å²) in [5.74, 6) is 0.0237. The van der Waals surface area contributed by atoms with Gasteiger partial charge in [0, 0.05) is 11.8 Å². The van der Waals surface area contributed by atoms with Gasteiger partial charge in [-0.2, -0.15) is 0 Å². The standard InChI is InChI=1S/C12H13NO5/c1-16-9-4-3-8(5-10(9)17-2)13-6-11(14)18-12(15)7-13/h3-5H,6-7H2,1-2H3. The van der Waals surface area contributed by atoms with Crippen molar-refractivity contribution < 1.29 is 23.8 Å². The highest BCUT2D eigenvalue weighted by atomic mass is 16.6. The lowest BCUT2D eigenvalue weighted by Gasteiger charge is -2.26. The van der Waals surface area contributed by atoms with Gasteiger partial charge in [0.1, 0.15) is 13.1 Å². The predicted octanol–water partition coefficient (Wildman–Crippen LogP) is 0.594. The van der Waals surface area contributed by atoms with E-state index in [1.807, 2.05) is 0 Å². The van der Waals surface area contributed by atoms with Crippen molar-refractivity contribution in [2.24, 2.45) is 0 Å². The zero-order valence-electron chi connectivity index (χ0n) is 10.1. The maximum absolute atomic E-state index is 11.2. The number of carbonyl (C=O) groups is 2. The number of carbonyl (C=O) groups excluding carboxylic acids is 2. The Morgan fingerprint density at radius 1 is 1.06 bits per heavy atom. The highest BCUT2D eigenvalue weighted by Crippen LogP contribution is 2.31. The van der Waals surface area contributed by atoms with E-state index in [1.165, 1.54) is 7.11 Å². The second-order valence-electron chi connectivity index (χ2n) is 3.74. The molecule has 0 amide bonds. The first kappa shape index (κ1) is 12.2. The second-order valence-corrected chi connectivity index (χ2v) is 3.74. The minimum absolute atomic E-state index is 0.0429. The molecule has 0 unspecified atom stereocenters. The topological polar surface area (TPSA) is 65.1 Å². The lowest BCUT2D eigenvalue weighted by molar-refractivity contribution is -0.160. The number of ether oxygens (including phenoxy) is 3. The van der Waals surface area contributed by atoms with Crippen molar-refractivity contribution in [1.82, 2.24) is 0 Å². The number of morpholine rings is 1. The number of rotatable bonds is 3. The number of esters is 2. The molecule has 1 saturated heterocycles. The quantitative estimate of drug-likeness (QED) is 0.579. The van der Waals surface area contributed by atoms with Crippen LogP contribution >= 0.6 is 0 Å². The van der Waals surface area contributed by atoms with Crippen molar-refractivity contribution in [3.05, 3.63) is 18.2 Å². The molecule has 1 aromatic rings. The van der Waals surface area contributed by atoms with Crippen LogP contribution in [0.3, 0.4) is 0 Å². The largest absolute Gasteiger partial charge is 0.493 e. The first-order valence-electron chi connectivity index (χ1n) is 5.34. The molecule has 1 aliphatic heterocycles. The van der Waals surface area contributed by atoms with Crippen LogP contribution in [0.15, 0.2) is 18.2 Å². The van der Waals surface area contributed by atoms with Gasteiger partial charge in [0.2, 0.25) is 0 Å². The fourth-order valence-electron chi connectivity index (χ4n) is 1.76. The van der Waals surface area contributed by atoms with Crippen molar-refractivity contribution in [1.29, 1.82) is 0 Å². The van der Waals surface area contributed by atoms with Gasteiger partial charge in [0.25, 0.3) is 0 Å². The second kappa shape index (κ2) is 4.95. The average Bonchev–Trinajstić information content (AvgIpc) is 2.36. The molecule has 18 heavy (non-hydrogen) atoms. The molecule has 0 bridgehead atoms. The van der Waals surface area contributed by atoms with Crippen molar-refractivity contribution in [3.63, 3.8) is 0 Å². The minimum atomic E-state index is -0.555. The van der Waals surface area contributed by atoms with Crippen LogP contribution in [-0.4, -0.2) is 39.2 Å². The molecule has 0 atom stereocenters. The van der Waals surface area contributed by atoms with Crippen LogP contribution in [0.25, 0.3) is 0 Å². The van der Waals surface area contributed by atoms with Gasteiger partial charge < -0.3 is 19.1 Å². The maximum atomic E-state index is 11.2. The molecule has 0 saturated carbocycles. The zero-order chi connectivity index (χ0) is 13.1. The molecule has 0 spiro atoms. The Labute approximate surface area is 104 Å². The molecule has 1 aromatic carbocycles. The Bertz CT molecular complexity index is 469. The molecular weight excluding hydrogens is 238 g/mol. The Morgan fingerprint density at radius 3 is 2.22 bits per heavy atom. The third-order valence-electron chi connectivity index (χ3n) is 2.60. The van der Waals surface area contributed by atoms with E-state index in [2.05, 4.69) is 4.74 Å². The third-order valence-corrected chi connectivity index (χ3v) is 2.60. The van der Waals surface area contributed by atoms with Crippen LogP contribution in [0.4, 0.5) is 5.69 Å². The van der Waals surface area contributed by atoms with Crippen LogP contribution in [0.2, 0.25) is 0 Å². The summed E-state index contributed by atoms with van der Waals surface area (Å²) in [4.78, 5) is 24.0. The number of hydrogen-bond donors (Lipinski definition) is 0. The van der Waals surface area contributed by atoms with Crippen molar-refractivity contribution >= 4 is 17.6 Å². The number of hydrogen-bond acceptors (Lipinski definition) is 6. The molecule has 0 N–H and O–H groups in total. The fourth-order valence-corrected chi connectivity index (χ4v) is 1.76. The Hall–Kier alpha value is -2.24. The molecule has 0 radical (unpaired) electrons. The molecule has 6 heteroatoms. The average molecular weight is 251 g/mol. The van der Waals surface area contributed by atoms with E-state index in [9.17, 15) is 9.59 Å². The van der Waals surface area contributed by atoms with E-state index in [1.54, 1.807) is 30.2 Å². The van der Waals surface area contributed by atoms with Crippen LogP contribution in [0.1, 0.15) is 0 Å². The maximum Gasteiger partial charge on any atom is 0.333 e. The minimum Gasteiger partial charge on any atom is -0.493 e. The van der Waals surface area contributed by atoms with E-state index in [0.29, 0.717) is 17.2 Å². The van der Waals surface area contributed by atoms with Crippen LogP contribution in [0.5, 0.6) is 11.5 Å². The van der Waals surface area contributed by atoms with Gasteiger partial charge in [-0.25, -0.2) is 9.59 Å². The molecular formula is C12H13NO5. The van der Waals surface area contributed by atoms with Crippen molar-refractivity contribution in [3.8, 4) is 11.5 Å². The summed E-state index contributed by atoms with van der Waals surface area (Å²) in [6, 6.07) is 5.19. The van der Waals surface area contributed by atoms with Gasteiger partial charge in [-0.15, -0.1) is 0 Å². The molecule has 1 aliphatic rings. The van der Waals surface area contributed by atoms with Crippen LogP contribution in [-0.2, 0) is 14.3 Å². The van der Waals surface area contributed by atoms with Crippen molar-refractivity contribution in [2.75, 3.05) is 32.2 Å². The molecule has 0 aliphatic carbocycles. The molecule has 6 nitrogen and oxygen atoms in total. The van der Waals surface area contributed by atoms with Gasteiger partial charge in [-0.3, -0.25) is 0 Å². The van der Waals surface area contributed by atoms with Gasteiger partial charge in [-0.1, -0.05) is 0 Å². The van der Waals surface area contributed by atoms with E-state index < -0.39 is 11.9 Å². The molecule has 1 heterocycles. The van der Waals surface area contributed by atoms with E-state index >= 15 is 0 Å². The normalized spacial score (nSPS) is 15.3. The third kappa shape index (κ3) is 2.37.